The lowest BCUT2D eigenvalue weighted by molar-refractivity contribution is -0.0434. The minimum Gasteiger partial charge on any atom is -0.385 e. The summed E-state index contributed by atoms with van der Waals surface area (Å²) in [6, 6.07) is 8.59. The van der Waals surface area contributed by atoms with E-state index in [4.69, 9.17) is 4.74 Å². The van der Waals surface area contributed by atoms with Crippen molar-refractivity contribution in [1.82, 2.24) is 5.32 Å². The summed E-state index contributed by atoms with van der Waals surface area (Å²) in [4.78, 5) is 0. The van der Waals surface area contributed by atoms with E-state index in [2.05, 4.69) is 43.4 Å². The van der Waals surface area contributed by atoms with Crippen LogP contribution in [0.15, 0.2) is 24.3 Å². The van der Waals surface area contributed by atoms with E-state index in [1.165, 1.54) is 5.56 Å². The van der Waals surface area contributed by atoms with E-state index in [1.807, 2.05) is 0 Å². The molecule has 3 nitrogen and oxygen atoms in total. The Balaban J connectivity index is 2.22. The number of aliphatic hydroxyl groups is 1. The second-order valence-corrected chi connectivity index (χ2v) is 7.20. The molecule has 1 aromatic rings. The fourth-order valence-electron chi connectivity index (χ4n) is 3.65. The van der Waals surface area contributed by atoms with E-state index in [1.54, 1.807) is 7.11 Å². The Morgan fingerprint density at radius 1 is 1.35 bits per heavy atom. The van der Waals surface area contributed by atoms with Crippen molar-refractivity contribution in [3.05, 3.63) is 35.4 Å². The van der Waals surface area contributed by atoms with E-state index in [0.717, 1.165) is 57.4 Å². The molecule has 1 aromatic carbocycles. The molecule has 2 atom stereocenters. The number of unbranched alkanes of at least 4 members (excludes halogenated alkanes) is 1. The summed E-state index contributed by atoms with van der Waals surface area (Å²) in [6.07, 6.45) is 5.05. The number of benzene rings is 1. The van der Waals surface area contributed by atoms with Crippen molar-refractivity contribution in [3.8, 4) is 0 Å². The molecule has 1 aliphatic heterocycles. The largest absolute Gasteiger partial charge is 0.385 e. The molecule has 0 spiro atoms. The monoisotopic (exact) mass is 319 g/mol. The number of methoxy groups -OCH3 is 1. The summed E-state index contributed by atoms with van der Waals surface area (Å²) < 4.78 is 5.16. The molecule has 0 amide bonds. The minimum atomic E-state index is -0.730. The number of hydrogen-bond acceptors (Lipinski definition) is 3. The summed E-state index contributed by atoms with van der Waals surface area (Å²) in [5.74, 6) is 0.776. The highest BCUT2D eigenvalue weighted by Gasteiger charge is 2.38. The zero-order chi connectivity index (χ0) is 16.7. The van der Waals surface area contributed by atoms with Gasteiger partial charge in [0.05, 0.1) is 5.60 Å². The van der Waals surface area contributed by atoms with Gasteiger partial charge in [0.15, 0.2) is 0 Å². The predicted molar refractivity (Wildman–Crippen MR) is 95.7 cm³/mol. The highest BCUT2D eigenvalue weighted by Crippen LogP contribution is 2.39. The van der Waals surface area contributed by atoms with Gasteiger partial charge in [-0.25, -0.2) is 0 Å². The van der Waals surface area contributed by atoms with Gasteiger partial charge in [-0.2, -0.15) is 0 Å². The predicted octanol–water partition coefficient (Wildman–Crippen LogP) is 3.81. The van der Waals surface area contributed by atoms with Gasteiger partial charge < -0.3 is 15.2 Å². The molecule has 2 N–H and O–H groups in total. The first-order chi connectivity index (χ1) is 11.1. The SMILES string of the molecule is COCCCC[C@@](O)(c1cccc(C(C)C)c1)[C@@H]1CCCNC1. The second kappa shape index (κ2) is 8.81. The number of ether oxygens (including phenoxy) is 1. The molecule has 0 bridgehead atoms. The number of rotatable bonds is 8. The smallest absolute Gasteiger partial charge is 0.0936 e. The maximum absolute atomic E-state index is 11.6. The van der Waals surface area contributed by atoms with Crippen LogP contribution in [0, 0.1) is 5.92 Å². The minimum absolute atomic E-state index is 0.293. The van der Waals surface area contributed by atoms with Crippen LogP contribution >= 0.6 is 0 Å². The molecule has 0 aromatic heterocycles. The maximum atomic E-state index is 11.6. The second-order valence-electron chi connectivity index (χ2n) is 7.20. The Kier molecular flexibility index (Phi) is 7.07. The zero-order valence-electron chi connectivity index (χ0n) is 15.0. The van der Waals surface area contributed by atoms with Gasteiger partial charge in [0.25, 0.3) is 0 Å². The highest BCUT2D eigenvalue weighted by atomic mass is 16.5. The molecule has 0 saturated carbocycles. The topological polar surface area (TPSA) is 41.5 Å². The van der Waals surface area contributed by atoms with Crippen molar-refractivity contribution in [3.63, 3.8) is 0 Å². The van der Waals surface area contributed by atoms with E-state index >= 15 is 0 Å². The van der Waals surface area contributed by atoms with Gasteiger partial charge >= 0.3 is 0 Å². The summed E-state index contributed by atoms with van der Waals surface area (Å²) in [7, 11) is 1.74. The quantitative estimate of drug-likeness (QED) is 0.716. The zero-order valence-corrected chi connectivity index (χ0v) is 15.0. The normalized spacial score (nSPS) is 21.3. The molecule has 0 unspecified atom stereocenters. The Morgan fingerprint density at radius 2 is 2.17 bits per heavy atom. The van der Waals surface area contributed by atoms with Gasteiger partial charge in [0, 0.05) is 26.2 Å². The average molecular weight is 319 g/mol. The molecular formula is C20H33NO2. The Hall–Kier alpha value is -0.900. The molecule has 1 heterocycles. The van der Waals surface area contributed by atoms with Gasteiger partial charge in [-0.3, -0.25) is 0 Å². The van der Waals surface area contributed by atoms with Crippen molar-refractivity contribution >= 4 is 0 Å². The summed E-state index contributed by atoms with van der Waals surface area (Å²) in [5, 5.41) is 15.1. The van der Waals surface area contributed by atoms with Crippen LogP contribution < -0.4 is 5.32 Å². The summed E-state index contributed by atoms with van der Waals surface area (Å²) in [5.41, 5.74) is 1.67. The molecule has 130 valence electrons. The van der Waals surface area contributed by atoms with Crippen molar-refractivity contribution in [2.75, 3.05) is 26.8 Å². The van der Waals surface area contributed by atoms with E-state index < -0.39 is 5.60 Å². The first-order valence-electron chi connectivity index (χ1n) is 9.10. The first-order valence-corrected chi connectivity index (χ1v) is 9.10. The molecule has 1 saturated heterocycles. The summed E-state index contributed by atoms with van der Waals surface area (Å²) >= 11 is 0. The van der Waals surface area contributed by atoms with E-state index in [0.29, 0.717) is 11.8 Å². The van der Waals surface area contributed by atoms with Crippen LogP contribution in [0.4, 0.5) is 0 Å². The van der Waals surface area contributed by atoms with Crippen LogP contribution in [0.5, 0.6) is 0 Å². The van der Waals surface area contributed by atoms with Crippen LogP contribution in [0.3, 0.4) is 0 Å². The van der Waals surface area contributed by atoms with Crippen LogP contribution in [0.1, 0.15) is 63.0 Å². The molecule has 1 aliphatic rings. The molecule has 2 rings (SSSR count). The van der Waals surface area contributed by atoms with E-state index in [-0.39, 0.29) is 0 Å². The third kappa shape index (κ3) is 4.79. The van der Waals surface area contributed by atoms with Crippen molar-refractivity contribution in [1.29, 1.82) is 0 Å². The molecular weight excluding hydrogens is 286 g/mol. The van der Waals surface area contributed by atoms with Crippen LogP contribution in [0.2, 0.25) is 0 Å². The van der Waals surface area contributed by atoms with Gasteiger partial charge in [0.2, 0.25) is 0 Å². The maximum Gasteiger partial charge on any atom is 0.0936 e. The first kappa shape index (κ1) is 18.4. The molecule has 0 aliphatic carbocycles. The summed E-state index contributed by atoms with van der Waals surface area (Å²) in [6.45, 7) is 7.16. The Bertz CT molecular complexity index is 468. The fraction of sp³-hybridized carbons (Fsp3) is 0.700. The van der Waals surface area contributed by atoms with Gasteiger partial charge in [-0.05, 0) is 55.7 Å². The van der Waals surface area contributed by atoms with Crippen LogP contribution in [-0.4, -0.2) is 31.9 Å². The lowest BCUT2D eigenvalue weighted by Crippen LogP contribution is -2.44. The Morgan fingerprint density at radius 3 is 2.83 bits per heavy atom. The lowest BCUT2D eigenvalue weighted by Gasteiger charge is -2.40. The number of hydrogen-bond donors (Lipinski definition) is 2. The van der Waals surface area contributed by atoms with Crippen molar-refractivity contribution in [2.45, 2.75) is 57.5 Å². The fourth-order valence-corrected chi connectivity index (χ4v) is 3.65. The molecule has 3 heteroatoms. The molecule has 23 heavy (non-hydrogen) atoms. The third-order valence-electron chi connectivity index (χ3n) is 5.18. The lowest BCUT2D eigenvalue weighted by atomic mass is 9.74. The van der Waals surface area contributed by atoms with Crippen LogP contribution in [0.25, 0.3) is 0 Å². The third-order valence-corrected chi connectivity index (χ3v) is 5.18. The van der Waals surface area contributed by atoms with Gasteiger partial charge in [-0.15, -0.1) is 0 Å². The molecule has 0 radical (unpaired) electrons. The Labute approximate surface area is 141 Å². The van der Waals surface area contributed by atoms with E-state index in [9.17, 15) is 5.11 Å². The average Bonchev–Trinajstić information content (AvgIpc) is 2.59. The standard InChI is InChI=1S/C20H33NO2/c1-16(2)17-8-6-9-18(14-17)20(22,11-4-5-13-23-3)19-10-7-12-21-15-19/h6,8-9,14,16,19,21-22H,4-5,7,10-13,15H2,1-3H3/t19-,20-/m1/s1. The van der Waals surface area contributed by atoms with Crippen molar-refractivity contribution in [2.24, 2.45) is 5.92 Å². The number of nitrogens with one attached hydrogen (secondary N) is 1. The molecule has 1 fully saturated rings. The van der Waals surface area contributed by atoms with Gasteiger partial charge in [-0.1, -0.05) is 38.1 Å². The number of piperidine rings is 1. The van der Waals surface area contributed by atoms with Gasteiger partial charge in [0.1, 0.15) is 0 Å². The highest BCUT2D eigenvalue weighted by molar-refractivity contribution is 5.31. The van der Waals surface area contributed by atoms with Crippen LogP contribution in [-0.2, 0) is 10.3 Å². The van der Waals surface area contributed by atoms with Crippen molar-refractivity contribution < 1.29 is 9.84 Å².